The van der Waals surface area contributed by atoms with Crippen LogP contribution < -0.4 is 10.5 Å². The van der Waals surface area contributed by atoms with Gasteiger partial charge in [0.2, 0.25) is 15.8 Å². The van der Waals surface area contributed by atoms with Crippen molar-refractivity contribution in [2.45, 2.75) is 36.1 Å². The molecule has 1 saturated carbocycles. The van der Waals surface area contributed by atoms with Gasteiger partial charge in [-0.25, -0.2) is 13.1 Å². The summed E-state index contributed by atoms with van der Waals surface area (Å²) in [6, 6.07) is 2.50. The van der Waals surface area contributed by atoms with Gasteiger partial charge in [-0.3, -0.25) is 10.1 Å². The average molecular weight is 317 g/mol. The summed E-state index contributed by atoms with van der Waals surface area (Å²) in [6.45, 7) is 0.148. The molecule has 0 unspecified atom stereocenters. The van der Waals surface area contributed by atoms with Gasteiger partial charge in [-0.1, -0.05) is 12.8 Å². The van der Waals surface area contributed by atoms with Gasteiger partial charge in [0.1, 0.15) is 0 Å². The zero-order chi connectivity index (χ0) is 15.7. The largest absolute Gasteiger partial charge is 0.329 e. The van der Waals surface area contributed by atoms with Crippen LogP contribution in [-0.4, -0.2) is 25.4 Å². The van der Waals surface area contributed by atoms with E-state index >= 15 is 0 Å². The highest BCUT2D eigenvalue weighted by atomic mass is 32.2. The number of halogens is 1. The summed E-state index contributed by atoms with van der Waals surface area (Å²) in [6.07, 6.45) is 2.96. The minimum absolute atomic E-state index is 0.148. The van der Waals surface area contributed by atoms with Gasteiger partial charge in [0.15, 0.2) is 0 Å². The maximum absolute atomic E-state index is 13.3. The Morgan fingerprint density at radius 1 is 1.38 bits per heavy atom. The van der Waals surface area contributed by atoms with Gasteiger partial charge in [-0.05, 0) is 25.0 Å². The molecular formula is C12H16FN3O4S. The fourth-order valence-electron chi connectivity index (χ4n) is 2.54. The molecule has 7 nitrogen and oxygen atoms in total. The van der Waals surface area contributed by atoms with Gasteiger partial charge in [0.05, 0.1) is 9.82 Å². The maximum atomic E-state index is 13.3. The number of sulfonamides is 1. The van der Waals surface area contributed by atoms with Gasteiger partial charge in [0, 0.05) is 18.2 Å². The molecule has 0 bridgehead atoms. The van der Waals surface area contributed by atoms with Gasteiger partial charge >= 0.3 is 5.69 Å². The average Bonchev–Trinajstić information content (AvgIpc) is 2.87. The lowest BCUT2D eigenvalue weighted by molar-refractivity contribution is -0.387. The van der Waals surface area contributed by atoms with Crippen molar-refractivity contribution in [3.63, 3.8) is 0 Å². The summed E-state index contributed by atoms with van der Waals surface area (Å²) < 4.78 is 40.5. The molecule has 116 valence electrons. The highest BCUT2D eigenvalue weighted by Gasteiger charge is 2.37. The van der Waals surface area contributed by atoms with Crippen molar-refractivity contribution in [1.29, 1.82) is 0 Å². The van der Waals surface area contributed by atoms with Crippen molar-refractivity contribution in [3.8, 4) is 0 Å². The number of nitrogens with one attached hydrogen (secondary N) is 1. The van der Waals surface area contributed by atoms with E-state index in [1.165, 1.54) is 0 Å². The van der Waals surface area contributed by atoms with Gasteiger partial charge in [-0.2, -0.15) is 4.39 Å². The van der Waals surface area contributed by atoms with Crippen molar-refractivity contribution in [2.75, 3.05) is 6.54 Å². The van der Waals surface area contributed by atoms with E-state index in [4.69, 9.17) is 5.73 Å². The number of hydrogen-bond acceptors (Lipinski definition) is 5. The van der Waals surface area contributed by atoms with Crippen LogP contribution in [0.4, 0.5) is 10.1 Å². The molecular weight excluding hydrogens is 301 g/mol. The Bertz CT molecular complexity index is 656. The van der Waals surface area contributed by atoms with Crippen LogP contribution in [0.25, 0.3) is 0 Å². The van der Waals surface area contributed by atoms with Crippen LogP contribution in [0, 0.1) is 15.9 Å². The summed E-state index contributed by atoms with van der Waals surface area (Å²) in [5.74, 6) is -1.08. The van der Waals surface area contributed by atoms with Gasteiger partial charge in [-0.15, -0.1) is 0 Å². The molecule has 0 aromatic heterocycles. The van der Waals surface area contributed by atoms with E-state index in [1.807, 2.05) is 0 Å². The summed E-state index contributed by atoms with van der Waals surface area (Å²) in [4.78, 5) is 9.40. The standard InChI is InChI=1S/C12H16FN3O4S/c13-10-4-3-9(7-11(10)16(17)18)21(19,20)15-12(8-14)5-1-2-6-12/h3-4,7,15H,1-2,5-6,8,14H2. The summed E-state index contributed by atoms with van der Waals surface area (Å²) in [7, 11) is -3.99. The first-order chi connectivity index (χ1) is 9.80. The quantitative estimate of drug-likeness (QED) is 0.627. The predicted octanol–water partition coefficient (Wildman–Crippen LogP) is 1.28. The molecule has 21 heavy (non-hydrogen) atoms. The smallest absolute Gasteiger partial charge is 0.306 e. The Morgan fingerprint density at radius 3 is 2.52 bits per heavy atom. The fraction of sp³-hybridized carbons (Fsp3) is 0.500. The monoisotopic (exact) mass is 317 g/mol. The zero-order valence-electron chi connectivity index (χ0n) is 11.2. The zero-order valence-corrected chi connectivity index (χ0v) is 12.0. The Balaban J connectivity index is 2.36. The predicted molar refractivity (Wildman–Crippen MR) is 73.6 cm³/mol. The summed E-state index contributed by atoms with van der Waals surface area (Å²) in [5, 5.41) is 10.7. The molecule has 1 fully saturated rings. The van der Waals surface area contributed by atoms with Crippen molar-refractivity contribution >= 4 is 15.7 Å². The van der Waals surface area contributed by atoms with E-state index in [2.05, 4.69) is 4.72 Å². The third kappa shape index (κ3) is 3.20. The fourth-order valence-corrected chi connectivity index (χ4v) is 4.03. The summed E-state index contributed by atoms with van der Waals surface area (Å²) >= 11 is 0. The first-order valence-corrected chi connectivity index (χ1v) is 7.96. The number of nitrogens with zero attached hydrogens (tertiary/aromatic N) is 1. The normalized spacial score (nSPS) is 17.8. The molecule has 0 radical (unpaired) electrons. The molecule has 0 heterocycles. The topological polar surface area (TPSA) is 115 Å². The van der Waals surface area contributed by atoms with Crippen LogP contribution >= 0.6 is 0 Å². The van der Waals surface area contributed by atoms with Crippen LogP contribution in [0.15, 0.2) is 23.1 Å². The van der Waals surface area contributed by atoms with Crippen molar-refractivity contribution < 1.29 is 17.7 Å². The molecule has 1 aromatic rings. The summed E-state index contributed by atoms with van der Waals surface area (Å²) in [5.41, 5.74) is 4.07. The third-order valence-electron chi connectivity index (χ3n) is 3.73. The number of nitrogens with two attached hydrogens (primary N) is 1. The molecule has 0 amide bonds. The second-order valence-corrected chi connectivity index (χ2v) is 6.85. The SMILES string of the molecule is NCC1(NS(=O)(=O)c2ccc(F)c([N+](=O)[O-])c2)CCCC1. The van der Waals surface area contributed by atoms with E-state index in [9.17, 15) is 22.9 Å². The lowest BCUT2D eigenvalue weighted by Crippen LogP contribution is -2.51. The van der Waals surface area contributed by atoms with E-state index in [1.54, 1.807) is 0 Å². The Kier molecular flexibility index (Phi) is 4.26. The molecule has 0 spiro atoms. The van der Waals surface area contributed by atoms with Crippen molar-refractivity contribution in [1.82, 2.24) is 4.72 Å². The third-order valence-corrected chi connectivity index (χ3v) is 5.30. The van der Waals surface area contributed by atoms with E-state index in [0.717, 1.165) is 31.0 Å². The second-order valence-electron chi connectivity index (χ2n) is 5.17. The molecule has 0 saturated heterocycles. The van der Waals surface area contributed by atoms with Crippen LogP contribution in [0.1, 0.15) is 25.7 Å². The molecule has 3 N–H and O–H groups in total. The van der Waals surface area contributed by atoms with E-state index in [0.29, 0.717) is 12.8 Å². The molecule has 0 aliphatic heterocycles. The van der Waals surface area contributed by atoms with Gasteiger partial charge in [0.25, 0.3) is 0 Å². The van der Waals surface area contributed by atoms with E-state index in [-0.39, 0.29) is 11.4 Å². The maximum Gasteiger partial charge on any atom is 0.306 e. The van der Waals surface area contributed by atoms with Crippen molar-refractivity contribution in [2.24, 2.45) is 5.73 Å². The highest BCUT2D eigenvalue weighted by molar-refractivity contribution is 7.89. The van der Waals surface area contributed by atoms with E-state index < -0.39 is 32.0 Å². The Labute approximate surface area is 121 Å². The molecule has 2 rings (SSSR count). The number of nitro groups is 1. The highest BCUT2D eigenvalue weighted by Crippen LogP contribution is 2.31. The first kappa shape index (κ1) is 15.8. The minimum Gasteiger partial charge on any atom is -0.329 e. The molecule has 1 aliphatic carbocycles. The van der Waals surface area contributed by atoms with Crippen molar-refractivity contribution in [3.05, 3.63) is 34.1 Å². The number of rotatable bonds is 5. The van der Waals surface area contributed by atoms with Crippen LogP contribution in [-0.2, 0) is 10.0 Å². The molecule has 9 heteroatoms. The first-order valence-electron chi connectivity index (χ1n) is 6.48. The lowest BCUT2D eigenvalue weighted by Gasteiger charge is -2.28. The lowest BCUT2D eigenvalue weighted by atomic mass is 10.0. The second kappa shape index (κ2) is 5.66. The Hall–Kier alpha value is -1.58. The molecule has 0 atom stereocenters. The van der Waals surface area contributed by atoms with Crippen LogP contribution in [0.2, 0.25) is 0 Å². The van der Waals surface area contributed by atoms with Crippen LogP contribution in [0.3, 0.4) is 0 Å². The number of hydrogen-bond donors (Lipinski definition) is 2. The van der Waals surface area contributed by atoms with Gasteiger partial charge < -0.3 is 5.73 Å². The van der Waals surface area contributed by atoms with Crippen LogP contribution in [0.5, 0.6) is 0 Å². The number of nitro benzene ring substituents is 1. The molecule has 1 aromatic carbocycles. The minimum atomic E-state index is -3.99. The number of benzene rings is 1. The molecule has 1 aliphatic rings. The Morgan fingerprint density at radius 2 is 2.00 bits per heavy atom.